The van der Waals surface area contributed by atoms with E-state index in [1.54, 1.807) is 0 Å². The Morgan fingerprint density at radius 1 is 1.25 bits per heavy atom. The van der Waals surface area contributed by atoms with Crippen molar-refractivity contribution in [1.82, 2.24) is 9.80 Å². The number of nitrogen functional groups attached to an aromatic ring is 1. The predicted octanol–water partition coefficient (Wildman–Crippen LogP) is 1.64. The van der Waals surface area contributed by atoms with Gasteiger partial charge >= 0.3 is 0 Å². The highest BCUT2D eigenvalue weighted by atomic mass is 16.2. The first kappa shape index (κ1) is 13.4. The molecule has 0 radical (unpaired) electrons. The monoisotopic (exact) mass is 273 g/mol. The Kier molecular flexibility index (Phi) is 3.66. The molecule has 3 rings (SSSR count). The summed E-state index contributed by atoms with van der Waals surface area (Å²) in [4.78, 5) is 16.8. The van der Waals surface area contributed by atoms with Crippen molar-refractivity contribution in [2.24, 2.45) is 0 Å². The molecule has 4 heteroatoms. The SMILES string of the molecule is CC(C(=O)N1CCCC1)N1CCc2c(N)cccc2C1. The molecule has 1 unspecified atom stereocenters. The zero-order valence-corrected chi connectivity index (χ0v) is 12.1. The summed E-state index contributed by atoms with van der Waals surface area (Å²) in [6, 6.07) is 6.07. The minimum absolute atomic E-state index is 0.0253. The van der Waals surface area contributed by atoms with E-state index in [0.29, 0.717) is 0 Å². The van der Waals surface area contributed by atoms with Crippen molar-refractivity contribution < 1.29 is 4.79 Å². The van der Waals surface area contributed by atoms with Gasteiger partial charge in [0.2, 0.25) is 5.91 Å². The van der Waals surface area contributed by atoms with Crippen molar-refractivity contribution in [3.8, 4) is 0 Å². The molecule has 1 atom stereocenters. The Bertz CT molecular complexity index is 508. The third kappa shape index (κ3) is 2.40. The summed E-state index contributed by atoms with van der Waals surface area (Å²) < 4.78 is 0. The van der Waals surface area contributed by atoms with Gasteiger partial charge in [-0.2, -0.15) is 0 Å². The first-order valence-corrected chi connectivity index (χ1v) is 7.56. The van der Waals surface area contributed by atoms with Gasteiger partial charge in [-0.1, -0.05) is 12.1 Å². The molecule has 0 bridgehead atoms. The fourth-order valence-corrected chi connectivity index (χ4v) is 3.35. The number of likely N-dealkylation sites (tertiary alicyclic amines) is 1. The molecule has 2 heterocycles. The van der Waals surface area contributed by atoms with Crippen LogP contribution in [0.25, 0.3) is 0 Å². The second-order valence-electron chi connectivity index (χ2n) is 5.91. The van der Waals surface area contributed by atoms with Crippen molar-refractivity contribution in [3.63, 3.8) is 0 Å². The molecule has 0 aromatic heterocycles. The lowest BCUT2D eigenvalue weighted by Gasteiger charge is -2.35. The Hall–Kier alpha value is -1.55. The molecular formula is C16H23N3O. The number of fused-ring (bicyclic) bond motifs is 1. The van der Waals surface area contributed by atoms with E-state index < -0.39 is 0 Å². The number of carbonyl (C=O) groups is 1. The molecule has 2 N–H and O–H groups in total. The number of benzene rings is 1. The lowest BCUT2D eigenvalue weighted by atomic mass is 9.97. The molecule has 1 amide bonds. The number of hydrogen-bond acceptors (Lipinski definition) is 3. The van der Waals surface area contributed by atoms with Gasteiger partial charge in [0.15, 0.2) is 0 Å². The first-order valence-electron chi connectivity index (χ1n) is 7.56. The molecule has 4 nitrogen and oxygen atoms in total. The molecule has 1 saturated heterocycles. The van der Waals surface area contributed by atoms with Crippen LogP contribution in [-0.2, 0) is 17.8 Å². The van der Waals surface area contributed by atoms with E-state index in [0.717, 1.165) is 51.1 Å². The number of nitrogens with two attached hydrogens (primary N) is 1. The van der Waals surface area contributed by atoms with Crippen LogP contribution in [-0.4, -0.2) is 41.4 Å². The second kappa shape index (κ2) is 5.44. The molecule has 0 aliphatic carbocycles. The van der Waals surface area contributed by atoms with Crippen LogP contribution in [0, 0.1) is 0 Å². The summed E-state index contributed by atoms with van der Waals surface area (Å²) in [6.45, 7) is 5.65. The zero-order valence-electron chi connectivity index (χ0n) is 12.1. The van der Waals surface area contributed by atoms with E-state index in [2.05, 4.69) is 11.0 Å². The molecular weight excluding hydrogens is 250 g/mol. The maximum absolute atomic E-state index is 12.5. The normalized spacial score (nSPS) is 20.8. The fourth-order valence-electron chi connectivity index (χ4n) is 3.35. The maximum Gasteiger partial charge on any atom is 0.239 e. The molecule has 108 valence electrons. The molecule has 0 saturated carbocycles. The van der Waals surface area contributed by atoms with Crippen molar-refractivity contribution in [3.05, 3.63) is 29.3 Å². The molecule has 20 heavy (non-hydrogen) atoms. The number of hydrogen-bond donors (Lipinski definition) is 1. The number of anilines is 1. The van der Waals surface area contributed by atoms with Crippen molar-refractivity contribution in [2.45, 2.75) is 38.8 Å². The van der Waals surface area contributed by atoms with Gasteiger partial charge in [0.1, 0.15) is 0 Å². The topological polar surface area (TPSA) is 49.6 Å². The molecule has 1 aromatic carbocycles. The Labute approximate surface area is 120 Å². The minimum Gasteiger partial charge on any atom is -0.398 e. The second-order valence-corrected chi connectivity index (χ2v) is 5.91. The highest BCUT2D eigenvalue weighted by molar-refractivity contribution is 5.81. The summed E-state index contributed by atoms with van der Waals surface area (Å²) >= 11 is 0. The van der Waals surface area contributed by atoms with Gasteiger partial charge in [0.05, 0.1) is 6.04 Å². The highest BCUT2D eigenvalue weighted by Gasteiger charge is 2.30. The third-order valence-electron chi connectivity index (χ3n) is 4.65. The molecule has 1 aromatic rings. The molecule has 2 aliphatic rings. The number of carbonyl (C=O) groups excluding carboxylic acids is 1. The summed E-state index contributed by atoms with van der Waals surface area (Å²) in [5.74, 6) is 0.287. The van der Waals surface area contributed by atoms with Crippen LogP contribution in [0.1, 0.15) is 30.9 Å². The summed E-state index contributed by atoms with van der Waals surface area (Å²) in [5.41, 5.74) is 9.46. The van der Waals surface area contributed by atoms with Gasteiger partial charge in [-0.25, -0.2) is 0 Å². The van der Waals surface area contributed by atoms with E-state index in [1.165, 1.54) is 11.1 Å². The maximum atomic E-state index is 12.5. The quantitative estimate of drug-likeness (QED) is 0.833. The Morgan fingerprint density at radius 3 is 2.75 bits per heavy atom. The van der Waals surface area contributed by atoms with Crippen LogP contribution in [0.2, 0.25) is 0 Å². The van der Waals surface area contributed by atoms with Crippen molar-refractivity contribution >= 4 is 11.6 Å². The van der Waals surface area contributed by atoms with Crippen molar-refractivity contribution in [1.29, 1.82) is 0 Å². The summed E-state index contributed by atoms with van der Waals surface area (Å²) in [6.07, 6.45) is 3.25. The van der Waals surface area contributed by atoms with Crippen LogP contribution < -0.4 is 5.73 Å². The van der Waals surface area contributed by atoms with Crippen LogP contribution >= 0.6 is 0 Å². The van der Waals surface area contributed by atoms with Gasteiger partial charge in [0, 0.05) is 31.9 Å². The van der Waals surface area contributed by atoms with E-state index in [4.69, 9.17) is 5.73 Å². The molecule has 1 fully saturated rings. The van der Waals surface area contributed by atoms with Crippen LogP contribution in [0.4, 0.5) is 5.69 Å². The van der Waals surface area contributed by atoms with E-state index in [9.17, 15) is 4.79 Å². The number of rotatable bonds is 2. The zero-order chi connectivity index (χ0) is 14.1. The number of nitrogens with zero attached hydrogens (tertiary/aromatic N) is 2. The average Bonchev–Trinajstić information content (AvgIpc) is 3.00. The van der Waals surface area contributed by atoms with Gasteiger partial charge in [-0.3, -0.25) is 9.69 Å². The average molecular weight is 273 g/mol. The number of amides is 1. The molecule has 0 spiro atoms. The van der Waals surface area contributed by atoms with E-state index >= 15 is 0 Å². The van der Waals surface area contributed by atoms with Crippen molar-refractivity contribution in [2.75, 3.05) is 25.4 Å². The smallest absolute Gasteiger partial charge is 0.239 e. The summed E-state index contributed by atoms with van der Waals surface area (Å²) in [5, 5.41) is 0. The van der Waals surface area contributed by atoms with E-state index in [-0.39, 0.29) is 11.9 Å². The van der Waals surface area contributed by atoms with Crippen LogP contribution in [0.15, 0.2) is 18.2 Å². The fraction of sp³-hybridized carbons (Fsp3) is 0.562. The first-order chi connectivity index (χ1) is 9.66. The van der Waals surface area contributed by atoms with Gasteiger partial charge in [-0.05, 0) is 43.4 Å². The minimum atomic E-state index is -0.0253. The largest absolute Gasteiger partial charge is 0.398 e. The summed E-state index contributed by atoms with van der Waals surface area (Å²) in [7, 11) is 0. The lowest BCUT2D eigenvalue weighted by molar-refractivity contribution is -0.135. The van der Waals surface area contributed by atoms with Crippen LogP contribution in [0.3, 0.4) is 0 Å². The predicted molar refractivity (Wildman–Crippen MR) is 80.2 cm³/mol. The highest BCUT2D eigenvalue weighted by Crippen LogP contribution is 2.25. The van der Waals surface area contributed by atoms with Crippen LogP contribution in [0.5, 0.6) is 0 Å². The van der Waals surface area contributed by atoms with E-state index in [1.807, 2.05) is 24.0 Å². The Morgan fingerprint density at radius 2 is 2.00 bits per heavy atom. The third-order valence-corrected chi connectivity index (χ3v) is 4.65. The molecule has 2 aliphatic heterocycles. The lowest BCUT2D eigenvalue weighted by Crippen LogP contribution is -2.47. The van der Waals surface area contributed by atoms with Gasteiger partial charge in [0.25, 0.3) is 0 Å². The van der Waals surface area contributed by atoms with Gasteiger partial charge < -0.3 is 10.6 Å². The standard InChI is InChI=1S/C16H23N3O/c1-12(16(20)18-8-2-3-9-18)19-10-7-14-13(11-19)5-4-6-15(14)17/h4-6,12H,2-3,7-11,17H2,1H3. The van der Waals surface area contributed by atoms with Gasteiger partial charge in [-0.15, -0.1) is 0 Å². The Balaban J connectivity index is 1.71.